The maximum atomic E-state index is 12.4. The van der Waals surface area contributed by atoms with Crippen LogP contribution in [0.25, 0.3) is 22.2 Å². The van der Waals surface area contributed by atoms with Crippen molar-refractivity contribution in [3.63, 3.8) is 0 Å². The van der Waals surface area contributed by atoms with Gasteiger partial charge in [-0.2, -0.15) is 0 Å². The standard InChI is InChI=1S/C26H33ClN2O3/c1-14(2)13-29-17(5)15(3)20-22(18-9-11-19(27)12-10-18)21(16(4)28-24(20)29)23(25(30)31)32-26(6,7)8/h9-12,14,23H,13H2,1-8H3,(H,30,31). The highest BCUT2D eigenvalue weighted by atomic mass is 35.5. The van der Waals surface area contributed by atoms with Crippen molar-refractivity contribution >= 4 is 28.6 Å². The number of hydrogen-bond acceptors (Lipinski definition) is 3. The first-order valence-electron chi connectivity index (χ1n) is 11.0. The van der Waals surface area contributed by atoms with Crippen molar-refractivity contribution in [1.29, 1.82) is 0 Å². The fraction of sp³-hybridized carbons (Fsp3) is 0.462. The zero-order valence-corrected chi connectivity index (χ0v) is 21.0. The lowest BCUT2D eigenvalue weighted by Gasteiger charge is -2.28. The highest BCUT2D eigenvalue weighted by molar-refractivity contribution is 6.30. The molecule has 0 aliphatic rings. The molecule has 0 saturated carbocycles. The Hall–Kier alpha value is -2.37. The van der Waals surface area contributed by atoms with Gasteiger partial charge in [0, 0.05) is 39.5 Å². The van der Waals surface area contributed by atoms with Crippen molar-refractivity contribution in [2.24, 2.45) is 5.92 Å². The first-order valence-corrected chi connectivity index (χ1v) is 11.4. The Kier molecular flexibility index (Phi) is 6.73. The minimum atomic E-state index is -1.15. The molecule has 2 aromatic heterocycles. The monoisotopic (exact) mass is 456 g/mol. The predicted octanol–water partition coefficient (Wildman–Crippen LogP) is 6.88. The molecule has 0 aliphatic carbocycles. The minimum absolute atomic E-state index is 0.445. The molecule has 0 radical (unpaired) electrons. The molecule has 0 aliphatic heterocycles. The molecule has 6 heteroatoms. The summed E-state index contributed by atoms with van der Waals surface area (Å²) in [7, 11) is 0. The maximum absolute atomic E-state index is 12.4. The molecule has 0 amide bonds. The fourth-order valence-corrected chi connectivity index (χ4v) is 4.33. The summed E-state index contributed by atoms with van der Waals surface area (Å²) in [6, 6.07) is 7.53. The summed E-state index contributed by atoms with van der Waals surface area (Å²) in [6.45, 7) is 16.8. The van der Waals surface area contributed by atoms with Gasteiger partial charge in [0.25, 0.3) is 0 Å². The average molecular weight is 457 g/mol. The summed E-state index contributed by atoms with van der Waals surface area (Å²) in [5, 5.41) is 11.8. The van der Waals surface area contributed by atoms with Crippen molar-refractivity contribution in [1.82, 2.24) is 9.55 Å². The second-order valence-electron chi connectivity index (χ2n) is 9.85. The van der Waals surface area contributed by atoms with Crippen LogP contribution in [0.4, 0.5) is 0 Å². The lowest BCUT2D eigenvalue weighted by atomic mass is 9.91. The second kappa shape index (κ2) is 8.87. The van der Waals surface area contributed by atoms with Gasteiger partial charge in [-0.1, -0.05) is 37.6 Å². The Labute approximate surface area is 195 Å². The molecule has 172 valence electrons. The molecule has 1 aromatic carbocycles. The molecule has 0 saturated heterocycles. The number of rotatable bonds is 6. The van der Waals surface area contributed by atoms with Crippen LogP contribution in [-0.2, 0) is 16.1 Å². The van der Waals surface area contributed by atoms with E-state index in [1.165, 1.54) is 0 Å². The Morgan fingerprint density at radius 3 is 2.25 bits per heavy atom. The number of aryl methyl sites for hydroxylation is 2. The van der Waals surface area contributed by atoms with Gasteiger partial charge in [0.1, 0.15) is 5.65 Å². The van der Waals surface area contributed by atoms with Crippen LogP contribution in [-0.4, -0.2) is 26.2 Å². The predicted molar refractivity (Wildman–Crippen MR) is 130 cm³/mol. The molecule has 3 aromatic rings. The third-order valence-electron chi connectivity index (χ3n) is 5.62. The van der Waals surface area contributed by atoms with Crippen LogP contribution < -0.4 is 0 Å². The molecule has 3 rings (SSSR count). The normalized spacial score (nSPS) is 13.2. The topological polar surface area (TPSA) is 64.4 Å². The Balaban J connectivity index is 2.48. The largest absolute Gasteiger partial charge is 0.479 e. The molecular formula is C26H33ClN2O3. The number of aromatic nitrogens is 2. The quantitative estimate of drug-likeness (QED) is 0.439. The number of ether oxygens (including phenoxy) is 1. The van der Waals surface area contributed by atoms with Gasteiger partial charge in [0.15, 0.2) is 6.10 Å². The van der Waals surface area contributed by atoms with E-state index in [9.17, 15) is 9.90 Å². The summed E-state index contributed by atoms with van der Waals surface area (Å²) in [6.07, 6.45) is -1.15. The molecule has 5 nitrogen and oxygen atoms in total. The lowest BCUT2D eigenvalue weighted by Crippen LogP contribution is -2.28. The molecule has 0 fully saturated rings. The Bertz CT molecular complexity index is 1160. The molecule has 1 N–H and O–H groups in total. The number of nitrogens with zero attached hydrogens (tertiary/aromatic N) is 2. The number of aliphatic carboxylic acids is 1. The Morgan fingerprint density at radius 1 is 1.16 bits per heavy atom. The smallest absolute Gasteiger partial charge is 0.337 e. The third-order valence-corrected chi connectivity index (χ3v) is 5.88. The molecule has 1 atom stereocenters. The Morgan fingerprint density at radius 2 is 1.75 bits per heavy atom. The van der Waals surface area contributed by atoms with E-state index < -0.39 is 17.7 Å². The van der Waals surface area contributed by atoms with E-state index in [0.717, 1.165) is 40.0 Å². The molecule has 0 spiro atoms. The molecule has 1 unspecified atom stereocenters. The lowest BCUT2D eigenvalue weighted by molar-refractivity contribution is -0.160. The molecule has 0 bridgehead atoms. The third kappa shape index (κ3) is 4.69. The van der Waals surface area contributed by atoms with Crippen molar-refractivity contribution in [3.8, 4) is 11.1 Å². The van der Waals surface area contributed by atoms with Crippen LogP contribution in [0.3, 0.4) is 0 Å². The highest BCUT2D eigenvalue weighted by Crippen LogP contribution is 2.42. The van der Waals surface area contributed by atoms with Gasteiger partial charge >= 0.3 is 5.97 Å². The van der Waals surface area contributed by atoms with Crippen molar-refractivity contribution < 1.29 is 14.6 Å². The second-order valence-corrected chi connectivity index (χ2v) is 10.3. The number of carboxylic acid groups (broad SMARTS) is 1. The minimum Gasteiger partial charge on any atom is -0.479 e. The number of benzene rings is 1. The van der Waals surface area contributed by atoms with Gasteiger partial charge in [0.05, 0.1) is 5.60 Å². The number of hydrogen-bond donors (Lipinski definition) is 1. The summed E-state index contributed by atoms with van der Waals surface area (Å²) in [4.78, 5) is 17.4. The fourth-order valence-electron chi connectivity index (χ4n) is 4.21. The molecular weight excluding hydrogens is 424 g/mol. The van der Waals surface area contributed by atoms with E-state index in [-0.39, 0.29) is 0 Å². The number of carbonyl (C=O) groups is 1. The zero-order chi connectivity index (χ0) is 24.0. The van der Waals surface area contributed by atoms with Crippen LogP contribution in [0.5, 0.6) is 0 Å². The van der Waals surface area contributed by atoms with E-state index in [4.69, 9.17) is 21.3 Å². The molecule has 2 heterocycles. The van der Waals surface area contributed by atoms with Crippen molar-refractivity contribution in [3.05, 3.63) is 51.8 Å². The number of pyridine rings is 1. The van der Waals surface area contributed by atoms with Gasteiger partial charge in [-0.25, -0.2) is 9.78 Å². The van der Waals surface area contributed by atoms with Gasteiger partial charge in [0.2, 0.25) is 0 Å². The number of halogens is 1. The van der Waals surface area contributed by atoms with E-state index >= 15 is 0 Å². The first-order chi connectivity index (χ1) is 14.8. The first kappa shape index (κ1) is 24.3. The van der Waals surface area contributed by atoms with Gasteiger partial charge in [-0.3, -0.25) is 0 Å². The summed E-state index contributed by atoms with van der Waals surface area (Å²) >= 11 is 6.17. The summed E-state index contributed by atoms with van der Waals surface area (Å²) in [5.41, 5.74) is 5.46. The summed E-state index contributed by atoms with van der Waals surface area (Å²) in [5.74, 6) is -0.587. The van der Waals surface area contributed by atoms with Gasteiger partial charge < -0.3 is 14.4 Å². The van der Waals surface area contributed by atoms with Crippen LogP contribution in [0, 0.1) is 26.7 Å². The van der Waals surface area contributed by atoms with E-state index in [1.807, 2.05) is 52.0 Å². The van der Waals surface area contributed by atoms with Crippen LogP contribution in [0.15, 0.2) is 24.3 Å². The van der Waals surface area contributed by atoms with E-state index in [2.05, 4.69) is 32.3 Å². The summed E-state index contributed by atoms with van der Waals surface area (Å²) < 4.78 is 8.31. The van der Waals surface area contributed by atoms with Gasteiger partial charge in [-0.15, -0.1) is 0 Å². The SMILES string of the molecule is Cc1nc2c(c(C)c(C)n2CC(C)C)c(-c2ccc(Cl)cc2)c1C(OC(C)(C)C)C(=O)O. The van der Waals surface area contributed by atoms with E-state index in [1.54, 1.807) is 0 Å². The number of fused-ring (bicyclic) bond motifs is 1. The van der Waals surface area contributed by atoms with Crippen LogP contribution in [0.2, 0.25) is 5.02 Å². The average Bonchev–Trinajstić information content (AvgIpc) is 2.89. The van der Waals surface area contributed by atoms with Crippen molar-refractivity contribution in [2.45, 2.75) is 73.6 Å². The maximum Gasteiger partial charge on any atom is 0.337 e. The van der Waals surface area contributed by atoms with Crippen molar-refractivity contribution in [2.75, 3.05) is 0 Å². The zero-order valence-electron chi connectivity index (χ0n) is 20.2. The van der Waals surface area contributed by atoms with E-state index in [0.29, 0.717) is 22.2 Å². The molecule has 32 heavy (non-hydrogen) atoms. The van der Waals surface area contributed by atoms with Crippen LogP contribution in [0.1, 0.15) is 63.2 Å². The van der Waals surface area contributed by atoms with Gasteiger partial charge in [-0.05, 0) is 70.7 Å². The van der Waals surface area contributed by atoms with Crippen LogP contribution >= 0.6 is 11.6 Å². The highest BCUT2D eigenvalue weighted by Gasteiger charge is 2.33. The number of carboxylic acids is 1.